The van der Waals surface area contributed by atoms with Crippen LogP contribution in [0.25, 0.3) is 0 Å². The maximum Gasteiger partial charge on any atom is 0.128 e. The number of hydrazine groups is 1. The molecule has 0 aromatic heterocycles. The van der Waals surface area contributed by atoms with Gasteiger partial charge in [-0.1, -0.05) is 36.4 Å². The molecular weight excluding hydrogens is 267 g/mol. The van der Waals surface area contributed by atoms with Crippen molar-refractivity contribution in [2.75, 3.05) is 7.11 Å². The van der Waals surface area contributed by atoms with Gasteiger partial charge in [-0.15, -0.1) is 0 Å². The predicted octanol–water partition coefficient (Wildman–Crippen LogP) is 3.33. The molecule has 0 saturated heterocycles. The first-order chi connectivity index (χ1) is 10.1. The molecule has 3 nitrogen and oxygen atoms in total. The van der Waals surface area contributed by atoms with Crippen LogP contribution in [0.3, 0.4) is 0 Å². The van der Waals surface area contributed by atoms with Crippen LogP contribution >= 0.6 is 0 Å². The van der Waals surface area contributed by atoms with E-state index in [1.54, 1.807) is 7.11 Å². The van der Waals surface area contributed by atoms with Gasteiger partial charge in [0.05, 0.1) is 6.04 Å². The third-order valence-electron chi connectivity index (χ3n) is 3.66. The summed E-state index contributed by atoms with van der Waals surface area (Å²) < 4.78 is 20.0. The fourth-order valence-corrected chi connectivity index (χ4v) is 2.75. The quantitative estimate of drug-likeness (QED) is 0.655. The molecule has 0 saturated carbocycles. The Morgan fingerprint density at radius 2 is 1.81 bits per heavy atom. The molecule has 2 aromatic rings. The Morgan fingerprint density at radius 3 is 2.33 bits per heavy atom. The highest BCUT2D eigenvalue weighted by Gasteiger charge is 2.27. The molecule has 0 spiro atoms. The smallest absolute Gasteiger partial charge is 0.128 e. The molecule has 21 heavy (non-hydrogen) atoms. The van der Waals surface area contributed by atoms with E-state index in [0.29, 0.717) is 5.56 Å². The molecule has 3 N–H and O–H groups in total. The van der Waals surface area contributed by atoms with Gasteiger partial charge in [-0.05, 0) is 36.6 Å². The van der Waals surface area contributed by atoms with E-state index in [2.05, 4.69) is 5.43 Å². The third kappa shape index (κ3) is 3.29. The van der Waals surface area contributed by atoms with Gasteiger partial charge in [-0.3, -0.25) is 5.84 Å². The summed E-state index contributed by atoms with van der Waals surface area (Å²) in [5.74, 6) is 5.43. The lowest BCUT2D eigenvalue weighted by molar-refractivity contribution is 0.0662. The molecule has 2 atom stereocenters. The molecular formula is C17H21FN2O. The van der Waals surface area contributed by atoms with E-state index in [4.69, 9.17) is 10.6 Å². The zero-order chi connectivity index (χ0) is 15.4. The van der Waals surface area contributed by atoms with Crippen LogP contribution in [-0.4, -0.2) is 7.11 Å². The minimum atomic E-state index is -0.460. The van der Waals surface area contributed by atoms with Gasteiger partial charge in [0.25, 0.3) is 0 Å². The van der Waals surface area contributed by atoms with E-state index in [1.165, 1.54) is 6.07 Å². The van der Waals surface area contributed by atoms with Gasteiger partial charge in [-0.25, -0.2) is 9.82 Å². The van der Waals surface area contributed by atoms with Crippen LogP contribution in [0.2, 0.25) is 0 Å². The van der Waals surface area contributed by atoms with Crippen molar-refractivity contribution < 1.29 is 9.13 Å². The number of methoxy groups -OCH3 is 1. The minimum absolute atomic E-state index is 0.270. The third-order valence-corrected chi connectivity index (χ3v) is 3.66. The highest BCUT2D eigenvalue weighted by molar-refractivity contribution is 5.36. The van der Waals surface area contributed by atoms with Gasteiger partial charge in [0.15, 0.2) is 0 Å². The van der Waals surface area contributed by atoms with Crippen molar-refractivity contribution in [3.8, 4) is 0 Å². The minimum Gasteiger partial charge on any atom is -0.375 e. The van der Waals surface area contributed by atoms with Crippen LogP contribution in [0.15, 0.2) is 42.5 Å². The van der Waals surface area contributed by atoms with Crippen molar-refractivity contribution >= 4 is 0 Å². The Kier molecular flexibility index (Phi) is 5.07. The molecule has 0 aliphatic carbocycles. The van der Waals surface area contributed by atoms with Crippen molar-refractivity contribution in [3.63, 3.8) is 0 Å². The van der Waals surface area contributed by atoms with Gasteiger partial charge in [0, 0.05) is 12.7 Å². The van der Waals surface area contributed by atoms with Crippen LogP contribution in [0.4, 0.5) is 4.39 Å². The molecule has 0 aliphatic rings. The fourth-order valence-electron chi connectivity index (χ4n) is 2.75. The number of ether oxygens (including phenoxy) is 1. The second kappa shape index (κ2) is 6.80. The van der Waals surface area contributed by atoms with Gasteiger partial charge in [0.2, 0.25) is 0 Å². The Labute approximate surface area is 124 Å². The maximum absolute atomic E-state index is 14.4. The number of rotatable bonds is 5. The van der Waals surface area contributed by atoms with Crippen LogP contribution < -0.4 is 11.3 Å². The standard InChI is InChI=1S/C17H21FN2O/c1-11-9-12(2)15(14(18)10-11)16(20-19)17(21-3)13-7-5-4-6-8-13/h4-10,16-17,20H,19H2,1-3H3. The highest BCUT2D eigenvalue weighted by Crippen LogP contribution is 2.34. The fraction of sp³-hybridized carbons (Fsp3) is 0.294. The zero-order valence-electron chi connectivity index (χ0n) is 12.6. The van der Waals surface area contributed by atoms with Gasteiger partial charge < -0.3 is 4.74 Å². The van der Waals surface area contributed by atoms with E-state index in [0.717, 1.165) is 16.7 Å². The molecule has 112 valence electrons. The molecule has 2 aromatic carbocycles. The van der Waals surface area contributed by atoms with Crippen LogP contribution in [0.5, 0.6) is 0 Å². The van der Waals surface area contributed by atoms with Crippen molar-refractivity contribution in [1.29, 1.82) is 0 Å². The van der Waals surface area contributed by atoms with Crippen molar-refractivity contribution in [2.24, 2.45) is 5.84 Å². The molecule has 2 unspecified atom stereocenters. The van der Waals surface area contributed by atoms with Crippen molar-refractivity contribution in [3.05, 3.63) is 70.5 Å². The van der Waals surface area contributed by atoms with Gasteiger partial charge in [-0.2, -0.15) is 0 Å². The summed E-state index contributed by atoms with van der Waals surface area (Å²) >= 11 is 0. The number of benzene rings is 2. The van der Waals surface area contributed by atoms with Crippen LogP contribution in [0.1, 0.15) is 34.4 Å². The molecule has 0 amide bonds. The number of aryl methyl sites for hydroxylation is 2. The molecule has 0 heterocycles. The summed E-state index contributed by atoms with van der Waals surface area (Å²) in [6, 6.07) is 12.7. The summed E-state index contributed by atoms with van der Waals surface area (Å²) in [6.45, 7) is 3.75. The van der Waals surface area contributed by atoms with E-state index in [1.807, 2.05) is 50.2 Å². The molecule has 0 aliphatic heterocycles. The average molecular weight is 288 g/mol. The Hall–Kier alpha value is -1.75. The van der Waals surface area contributed by atoms with Gasteiger partial charge >= 0.3 is 0 Å². The lowest BCUT2D eigenvalue weighted by Crippen LogP contribution is -2.34. The van der Waals surface area contributed by atoms with Gasteiger partial charge in [0.1, 0.15) is 11.9 Å². The number of hydrogen-bond donors (Lipinski definition) is 2. The van der Waals surface area contributed by atoms with Crippen LogP contribution in [0, 0.1) is 19.7 Å². The average Bonchev–Trinajstić information content (AvgIpc) is 2.46. The monoisotopic (exact) mass is 288 g/mol. The topological polar surface area (TPSA) is 47.3 Å². The summed E-state index contributed by atoms with van der Waals surface area (Å²) in [5, 5.41) is 0. The first kappa shape index (κ1) is 15.6. The van der Waals surface area contributed by atoms with E-state index < -0.39 is 6.04 Å². The number of hydrogen-bond acceptors (Lipinski definition) is 3. The molecule has 2 rings (SSSR count). The lowest BCUT2D eigenvalue weighted by Gasteiger charge is -2.28. The summed E-state index contributed by atoms with van der Waals surface area (Å²) in [4.78, 5) is 0. The van der Waals surface area contributed by atoms with E-state index in [-0.39, 0.29) is 11.9 Å². The molecule has 0 bridgehead atoms. The second-order valence-corrected chi connectivity index (χ2v) is 5.19. The summed E-state index contributed by atoms with van der Waals surface area (Å²) in [5.41, 5.74) is 5.93. The number of nitrogens with one attached hydrogen (secondary N) is 1. The van der Waals surface area contributed by atoms with E-state index >= 15 is 0 Å². The summed E-state index contributed by atoms with van der Waals surface area (Å²) in [6.07, 6.45) is -0.368. The molecule has 0 fully saturated rings. The summed E-state index contributed by atoms with van der Waals surface area (Å²) in [7, 11) is 1.60. The van der Waals surface area contributed by atoms with Crippen LogP contribution in [-0.2, 0) is 4.74 Å². The molecule has 4 heteroatoms. The highest BCUT2D eigenvalue weighted by atomic mass is 19.1. The predicted molar refractivity (Wildman–Crippen MR) is 82.1 cm³/mol. The number of nitrogens with two attached hydrogens (primary N) is 1. The first-order valence-corrected chi connectivity index (χ1v) is 6.89. The SMILES string of the molecule is COC(c1ccccc1)C(NN)c1c(C)cc(C)cc1F. The molecule has 0 radical (unpaired) electrons. The Bertz CT molecular complexity index is 578. The largest absolute Gasteiger partial charge is 0.375 e. The first-order valence-electron chi connectivity index (χ1n) is 6.89. The number of halogens is 1. The van der Waals surface area contributed by atoms with Crippen molar-refractivity contribution in [2.45, 2.75) is 26.0 Å². The van der Waals surface area contributed by atoms with E-state index in [9.17, 15) is 4.39 Å². The second-order valence-electron chi connectivity index (χ2n) is 5.19. The van der Waals surface area contributed by atoms with Crippen molar-refractivity contribution in [1.82, 2.24) is 5.43 Å². The normalized spacial score (nSPS) is 14.0. The Morgan fingerprint density at radius 1 is 1.14 bits per heavy atom. The lowest BCUT2D eigenvalue weighted by atomic mass is 9.91. The zero-order valence-corrected chi connectivity index (χ0v) is 12.6. The Balaban J connectivity index is 2.48. The maximum atomic E-state index is 14.4.